The van der Waals surface area contributed by atoms with Crippen molar-refractivity contribution in [3.63, 3.8) is 0 Å². The van der Waals surface area contributed by atoms with Crippen LogP contribution in [0.1, 0.15) is 30.5 Å². The number of alkyl halides is 2. The van der Waals surface area contributed by atoms with Gasteiger partial charge in [-0.05, 0) is 42.5 Å². The third kappa shape index (κ3) is 3.48. The fourth-order valence-corrected chi connectivity index (χ4v) is 5.44. The van der Waals surface area contributed by atoms with Crippen LogP contribution >= 0.6 is 0 Å². The third-order valence-corrected chi connectivity index (χ3v) is 6.92. The summed E-state index contributed by atoms with van der Waals surface area (Å²) in [5.74, 6) is 0.989. The lowest BCUT2D eigenvalue weighted by Gasteiger charge is -2.37. The van der Waals surface area contributed by atoms with E-state index in [-0.39, 0.29) is 29.5 Å². The first-order valence-corrected chi connectivity index (χ1v) is 11.2. The van der Waals surface area contributed by atoms with Crippen molar-refractivity contribution in [2.24, 2.45) is 5.92 Å². The fraction of sp³-hybridized carbons (Fsp3) is 0.375. The number of rotatable bonds is 7. The van der Waals surface area contributed by atoms with Crippen LogP contribution in [-0.2, 0) is 13.2 Å². The first-order valence-electron chi connectivity index (χ1n) is 11.2. The van der Waals surface area contributed by atoms with Gasteiger partial charge in [-0.25, -0.2) is 18.0 Å². The van der Waals surface area contributed by atoms with Gasteiger partial charge in [0.1, 0.15) is 18.1 Å². The Morgan fingerprint density at radius 1 is 1.23 bits per heavy atom. The largest absolute Gasteiger partial charge is 0.489 e. The second-order valence-corrected chi connectivity index (χ2v) is 9.12. The van der Waals surface area contributed by atoms with Gasteiger partial charge in [0.05, 0.1) is 19.2 Å². The van der Waals surface area contributed by atoms with Gasteiger partial charge in [-0.2, -0.15) is 4.98 Å². The molecule has 0 N–H and O–H groups in total. The molecule has 11 heteroatoms. The van der Waals surface area contributed by atoms with Gasteiger partial charge < -0.3 is 19.1 Å². The number of halogens is 3. The molecule has 3 fully saturated rings. The average Bonchev–Trinajstić information content (AvgIpc) is 3.45. The highest BCUT2D eigenvalue weighted by molar-refractivity contribution is 5.64. The fourth-order valence-electron chi connectivity index (χ4n) is 5.44. The second-order valence-electron chi connectivity index (χ2n) is 9.12. The van der Waals surface area contributed by atoms with Crippen LogP contribution in [0.3, 0.4) is 0 Å². The van der Waals surface area contributed by atoms with E-state index in [1.807, 2.05) is 0 Å². The number of hydrogen-bond acceptors (Lipinski definition) is 7. The van der Waals surface area contributed by atoms with E-state index in [1.54, 1.807) is 10.6 Å². The van der Waals surface area contributed by atoms with Gasteiger partial charge in [0.2, 0.25) is 5.75 Å². The molecule has 0 radical (unpaired) electrons. The van der Waals surface area contributed by atoms with Crippen LogP contribution in [-0.4, -0.2) is 33.7 Å². The van der Waals surface area contributed by atoms with E-state index in [1.165, 1.54) is 31.5 Å². The summed E-state index contributed by atoms with van der Waals surface area (Å²) in [5, 5.41) is 0. The third-order valence-electron chi connectivity index (χ3n) is 6.92. The molecule has 2 saturated heterocycles. The monoisotopic (exact) mass is 486 g/mol. The van der Waals surface area contributed by atoms with Gasteiger partial charge >= 0.3 is 5.69 Å². The van der Waals surface area contributed by atoms with Crippen molar-refractivity contribution < 1.29 is 27.4 Å². The summed E-state index contributed by atoms with van der Waals surface area (Å²) in [6, 6.07) is 6.58. The molecule has 1 saturated carbocycles. The quantitative estimate of drug-likeness (QED) is 0.498. The van der Waals surface area contributed by atoms with Crippen molar-refractivity contribution in [1.29, 1.82) is 0 Å². The van der Waals surface area contributed by atoms with Crippen LogP contribution in [0.25, 0.3) is 0 Å². The van der Waals surface area contributed by atoms with Crippen molar-refractivity contribution in [2.45, 2.75) is 38.0 Å². The predicted molar refractivity (Wildman–Crippen MR) is 118 cm³/mol. The lowest BCUT2D eigenvalue weighted by molar-refractivity contribution is 0.145. The van der Waals surface area contributed by atoms with E-state index in [9.17, 15) is 18.0 Å². The maximum atomic E-state index is 14.7. The minimum Gasteiger partial charge on any atom is -0.489 e. The maximum absolute atomic E-state index is 14.7. The summed E-state index contributed by atoms with van der Waals surface area (Å²) in [6.45, 7) is 1.41. The molecule has 1 aliphatic carbocycles. The summed E-state index contributed by atoms with van der Waals surface area (Å²) in [7, 11) is 1.50. The minimum atomic E-state index is -2.76. The predicted octanol–water partition coefficient (Wildman–Crippen LogP) is 4.08. The highest BCUT2D eigenvalue weighted by Crippen LogP contribution is 2.58. The Morgan fingerprint density at radius 3 is 2.80 bits per heavy atom. The number of ether oxygens (including phenoxy) is 3. The van der Waals surface area contributed by atoms with E-state index in [0.717, 1.165) is 25.5 Å². The molecule has 2 aromatic heterocycles. The molecule has 4 aliphatic rings. The first-order chi connectivity index (χ1) is 16.9. The zero-order chi connectivity index (χ0) is 24.3. The Hall–Kier alpha value is -3.76. The van der Waals surface area contributed by atoms with Crippen LogP contribution in [0, 0.1) is 11.7 Å². The van der Waals surface area contributed by atoms with E-state index in [0.29, 0.717) is 29.6 Å². The Morgan fingerprint density at radius 2 is 2.06 bits per heavy atom. The van der Waals surface area contributed by atoms with E-state index in [4.69, 9.17) is 14.2 Å². The molecule has 2 bridgehead atoms. The molecule has 3 aliphatic heterocycles. The van der Waals surface area contributed by atoms with Gasteiger partial charge in [0.15, 0.2) is 17.4 Å². The van der Waals surface area contributed by atoms with Gasteiger partial charge in [0.25, 0.3) is 12.3 Å². The Bertz CT molecular complexity index is 1370. The van der Waals surface area contributed by atoms with Crippen molar-refractivity contribution in [3.8, 4) is 23.1 Å². The minimum absolute atomic E-state index is 0.0196. The van der Waals surface area contributed by atoms with Crippen LogP contribution < -0.4 is 24.8 Å². The Kier molecular flexibility index (Phi) is 4.90. The second kappa shape index (κ2) is 7.89. The Labute approximate surface area is 197 Å². The number of aromatic nitrogens is 3. The zero-order valence-corrected chi connectivity index (χ0v) is 18.7. The van der Waals surface area contributed by atoms with Crippen LogP contribution in [0.4, 0.5) is 19.0 Å². The van der Waals surface area contributed by atoms with Gasteiger partial charge in [0, 0.05) is 18.8 Å². The molecule has 7 rings (SSSR count). The molecule has 3 aromatic rings. The number of fused-ring (bicyclic) bond motifs is 1. The maximum Gasteiger partial charge on any atom is 0.352 e. The van der Waals surface area contributed by atoms with E-state index < -0.39 is 23.6 Å². The number of anilines is 1. The lowest BCUT2D eigenvalue weighted by Crippen LogP contribution is -2.44. The van der Waals surface area contributed by atoms with Crippen molar-refractivity contribution >= 4 is 5.82 Å². The highest BCUT2D eigenvalue weighted by atomic mass is 19.3. The molecule has 0 amide bonds. The van der Waals surface area contributed by atoms with Crippen LogP contribution in [0.2, 0.25) is 0 Å². The van der Waals surface area contributed by atoms with Gasteiger partial charge in [-0.1, -0.05) is 6.07 Å². The smallest absolute Gasteiger partial charge is 0.352 e. The summed E-state index contributed by atoms with van der Waals surface area (Å²) in [6.07, 6.45) is 0.528. The highest BCUT2D eigenvalue weighted by Gasteiger charge is 2.61. The molecule has 182 valence electrons. The topological polar surface area (TPSA) is 78.7 Å². The number of methoxy groups -OCH3 is 1. The standard InChI is InChI=1S/C24H21F3N4O4/c1-33-19-21(29-23(32)30-12-24-8-14(9-24)10-31(24)22(19)30)34-11-13-2-3-18(16(25)6-13)35-15-4-5-28-17(7-15)20(26)27/h2-7,14,20H,8-12H2,1H3. The zero-order valence-electron chi connectivity index (χ0n) is 18.7. The van der Waals surface area contributed by atoms with Gasteiger partial charge in [-0.15, -0.1) is 0 Å². The molecule has 5 heterocycles. The van der Waals surface area contributed by atoms with Crippen LogP contribution in [0.5, 0.6) is 23.1 Å². The van der Waals surface area contributed by atoms with E-state index in [2.05, 4.69) is 14.9 Å². The number of benzene rings is 1. The van der Waals surface area contributed by atoms with Crippen molar-refractivity contribution in [2.75, 3.05) is 18.6 Å². The summed E-state index contributed by atoms with van der Waals surface area (Å²) in [4.78, 5) is 22.6. The Balaban J connectivity index is 1.21. The molecule has 8 nitrogen and oxygen atoms in total. The number of nitrogens with zero attached hydrogens (tertiary/aromatic N) is 4. The SMILES string of the molecule is COc1c(OCc2ccc(Oc3ccnc(C(F)F)c3)c(F)c2)nc(=O)n2c1N1CC3CC1(C3)C2. The van der Waals surface area contributed by atoms with Crippen molar-refractivity contribution in [3.05, 3.63) is 64.1 Å². The van der Waals surface area contributed by atoms with E-state index >= 15 is 0 Å². The average molecular weight is 486 g/mol. The normalized spacial score (nSPS) is 21.5. The number of hydrogen-bond donors (Lipinski definition) is 0. The number of pyridine rings is 1. The van der Waals surface area contributed by atoms with Gasteiger partial charge in [-0.3, -0.25) is 9.55 Å². The summed E-state index contributed by atoms with van der Waals surface area (Å²) >= 11 is 0. The molecule has 0 unspecified atom stereocenters. The molecule has 1 aromatic carbocycles. The lowest BCUT2D eigenvalue weighted by atomic mass is 9.74. The van der Waals surface area contributed by atoms with Crippen LogP contribution in [0.15, 0.2) is 41.3 Å². The van der Waals surface area contributed by atoms with Crippen molar-refractivity contribution in [1.82, 2.24) is 14.5 Å². The molecule has 35 heavy (non-hydrogen) atoms. The molecular weight excluding hydrogens is 465 g/mol. The first kappa shape index (κ1) is 21.8. The summed E-state index contributed by atoms with van der Waals surface area (Å²) < 4.78 is 58.8. The summed E-state index contributed by atoms with van der Waals surface area (Å²) in [5.41, 5.74) is -0.425. The molecule has 1 spiro atoms. The molecule has 0 atom stereocenters. The molecular formula is C24H21F3N4O4.